The van der Waals surface area contributed by atoms with Gasteiger partial charge in [0.1, 0.15) is 6.07 Å². The van der Waals surface area contributed by atoms with Gasteiger partial charge in [-0.25, -0.2) is 0 Å². The Morgan fingerprint density at radius 1 is 1.40 bits per heavy atom. The monoisotopic (exact) mass is 274 g/mol. The topological polar surface area (TPSA) is 70.0 Å². The van der Waals surface area contributed by atoms with Crippen molar-refractivity contribution in [1.82, 2.24) is 5.32 Å². The maximum absolute atomic E-state index is 12.4. The Bertz CT molecular complexity index is 527. The highest BCUT2D eigenvalue weighted by Crippen LogP contribution is 2.55. The second kappa shape index (κ2) is 4.73. The lowest BCUT2D eigenvalue weighted by Gasteiger charge is -2.54. The molecule has 0 aliphatic heterocycles. The Morgan fingerprint density at radius 3 is 2.60 bits per heavy atom. The minimum absolute atomic E-state index is 0.00512. The summed E-state index contributed by atoms with van der Waals surface area (Å²) in [6.07, 6.45) is 4.66. The third kappa shape index (κ3) is 2.06. The van der Waals surface area contributed by atoms with Crippen LogP contribution in [0.15, 0.2) is 11.6 Å². The SMILES string of the molecule is CC(=O)N[C@H]1CCC[C@@H]2C(C)(C)C(=O)C(C#N)=C[C@]12C. The predicted molar refractivity (Wildman–Crippen MR) is 75.5 cm³/mol. The van der Waals surface area contributed by atoms with Gasteiger partial charge in [-0.3, -0.25) is 9.59 Å². The minimum Gasteiger partial charge on any atom is -0.353 e. The third-order valence-electron chi connectivity index (χ3n) is 5.14. The van der Waals surface area contributed by atoms with E-state index in [-0.39, 0.29) is 34.6 Å². The number of rotatable bonds is 1. The van der Waals surface area contributed by atoms with Crippen LogP contribution in [0, 0.1) is 28.1 Å². The Hall–Kier alpha value is -1.63. The largest absolute Gasteiger partial charge is 0.353 e. The van der Waals surface area contributed by atoms with E-state index in [0.717, 1.165) is 19.3 Å². The molecular weight excluding hydrogens is 252 g/mol. The molecule has 1 saturated carbocycles. The molecule has 108 valence electrons. The molecule has 0 aromatic rings. The normalized spacial score (nSPS) is 35.5. The number of Topliss-reactive ketones (excluding diaryl/α,β-unsaturated/α-hetero) is 1. The molecule has 0 bridgehead atoms. The van der Waals surface area contributed by atoms with Gasteiger partial charge in [0, 0.05) is 23.8 Å². The van der Waals surface area contributed by atoms with Crippen LogP contribution in [0.5, 0.6) is 0 Å². The first-order valence-corrected chi connectivity index (χ1v) is 7.18. The van der Waals surface area contributed by atoms with Crippen molar-refractivity contribution in [2.75, 3.05) is 0 Å². The third-order valence-corrected chi connectivity index (χ3v) is 5.14. The van der Waals surface area contributed by atoms with E-state index in [2.05, 4.69) is 12.2 Å². The average molecular weight is 274 g/mol. The number of allylic oxidation sites excluding steroid dienone is 1. The van der Waals surface area contributed by atoms with Crippen LogP contribution >= 0.6 is 0 Å². The number of fused-ring (bicyclic) bond motifs is 1. The van der Waals surface area contributed by atoms with Gasteiger partial charge in [0.15, 0.2) is 5.78 Å². The van der Waals surface area contributed by atoms with Gasteiger partial charge in [-0.15, -0.1) is 0 Å². The lowest BCUT2D eigenvalue weighted by atomic mass is 9.51. The number of carbonyl (C=O) groups is 2. The molecule has 20 heavy (non-hydrogen) atoms. The first kappa shape index (κ1) is 14.8. The van der Waals surface area contributed by atoms with E-state index in [1.165, 1.54) is 6.92 Å². The predicted octanol–water partition coefficient (Wildman–Crippen LogP) is 2.36. The number of ketones is 1. The molecule has 3 atom stereocenters. The van der Waals surface area contributed by atoms with Crippen molar-refractivity contribution in [2.24, 2.45) is 16.7 Å². The molecule has 2 aliphatic carbocycles. The van der Waals surface area contributed by atoms with Crippen LogP contribution in [0.4, 0.5) is 0 Å². The number of nitrogens with one attached hydrogen (secondary N) is 1. The van der Waals surface area contributed by atoms with Gasteiger partial charge >= 0.3 is 0 Å². The highest BCUT2D eigenvalue weighted by molar-refractivity contribution is 6.04. The van der Waals surface area contributed by atoms with Crippen molar-refractivity contribution >= 4 is 11.7 Å². The lowest BCUT2D eigenvalue weighted by Crippen LogP contribution is -2.58. The summed E-state index contributed by atoms with van der Waals surface area (Å²) in [6.45, 7) is 7.45. The molecule has 4 nitrogen and oxygen atoms in total. The summed E-state index contributed by atoms with van der Waals surface area (Å²) in [5.74, 6) is 0.0367. The molecule has 1 fully saturated rings. The van der Waals surface area contributed by atoms with Crippen LogP contribution in [0.3, 0.4) is 0 Å². The van der Waals surface area contributed by atoms with E-state index in [9.17, 15) is 14.9 Å². The van der Waals surface area contributed by atoms with E-state index in [1.54, 1.807) is 0 Å². The van der Waals surface area contributed by atoms with Gasteiger partial charge in [-0.2, -0.15) is 5.26 Å². The summed E-state index contributed by atoms with van der Waals surface area (Å²) in [5, 5.41) is 12.3. The zero-order chi connectivity index (χ0) is 15.1. The van der Waals surface area contributed by atoms with Crippen LogP contribution in [-0.2, 0) is 9.59 Å². The second-order valence-corrected chi connectivity index (χ2v) is 6.82. The summed E-state index contributed by atoms with van der Waals surface area (Å²) in [7, 11) is 0. The van der Waals surface area contributed by atoms with Crippen molar-refractivity contribution in [3.8, 4) is 6.07 Å². The fraction of sp³-hybridized carbons (Fsp3) is 0.688. The summed E-state index contributed by atoms with van der Waals surface area (Å²) in [4.78, 5) is 23.9. The minimum atomic E-state index is -0.550. The van der Waals surface area contributed by atoms with Crippen molar-refractivity contribution in [3.63, 3.8) is 0 Å². The highest BCUT2D eigenvalue weighted by Gasteiger charge is 2.55. The number of nitrogens with zero attached hydrogens (tertiary/aromatic N) is 1. The number of nitriles is 1. The summed E-state index contributed by atoms with van der Waals surface area (Å²) < 4.78 is 0. The van der Waals surface area contributed by atoms with E-state index in [0.29, 0.717) is 0 Å². The molecule has 4 heteroatoms. The van der Waals surface area contributed by atoms with Crippen LogP contribution in [0.1, 0.15) is 47.0 Å². The number of amides is 1. The Kier molecular flexibility index (Phi) is 3.49. The molecule has 1 amide bonds. The summed E-state index contributed by atoms with van der Waals surface area (Å²) in [6, 6.07) is 2.04. The first-order valence-electron chi connectivity index (χ1n) is 7.18. The molecule has 2 rings (SSSR count). The fourth-order valence-electron chi connectivity index (χ4n) is 4.17. The molecule has 0 aromatic carbocycles. The summed E-state index contributed by atoms with van der Waals surface area (Å²) >= 11 is 0. The first-order chi connectivity index (χ1) is 9.23. The van der Waals surface area contributed by atoms with Gasteiger partial charge in [0.25, 0.3) is 0 Å². The standard InChI is InChI=1S/C16H22N2O2/c1-10(19)18-13-7-5-6-12-15(2,3)14(20)11(9-17)8-16(12,13)4/h8,12-13H,5-7H2,1-4H3,(H,18,19)/t12-,13+,16+/m1/s1. The van der Waals surface area contributed by atoms with Crippen molar-refractivity contribution in [3.05, 3.63) is 11.6 Å². The molecule has 2 aliphatic rings. The zero-order valence-electron chi connectivity index (χ0n) is 12.6. The summed E-state index contributed by atoms with van der Waals surface area (Å²) in [5.41, 5.74) is -0.635. The van der Waals surface area contributed by atoms with Gasteiger partial charge in [0.2, 0.25) is 5.91 Å². The average Bonchev–Trinajstić information content (AvgIpc) is 2.36. The van der Waals surface area contributed by atoms with Gasteiger partial charge in [-0.1, -0.05) is 33.3 Å². The van der Waals surface area contributed by atoms with E-state index < -0.39 is 5.41 Å². The number of carbonyl (C=O) groups excluding carboxylic acids is 2. The van der Waals surface area contributed by atoms with E-state index >= 15 is 0 Å². The molecule has 0 unspecified atom stereocenters. The van der Waals surface area contributed by atoms with Crippen molar-refractivity contribution in [1.29, 1.82) is 5.26 Å². The van der Waals surface area contributed by atoms with Gasteiger partial charge in [0.05, 0.1) is 5.57 Å². The van der Waals surface area contributed by atoms with Gasteiger partial charge < -0.3 is 5.32 Å². The Morgan fingerprint density at radius 2 is 2.05 bits per heavy atom. The molecule has 0 aromatic heterocycles. The van der Waals surface area contributed by atoms with Crippen molar-refractivity contribution in [2.45, 2.75) is 53.0 Å². The fourth-order valence-corrected chi connectivity index (χ4v) is 4.17. The molecule has 1 N–H and O–H groups in total. The number of hydrogen-bond donors (Lipinski definition) is 1. The van der Waals surface area contributed by atoms with Crippen LogP contribution in [-0.4, -0.2) is 17.7 Å². The van der Waals surface area contributed by atoms with Gasteiger partial charge in [-0.05, 0) is 18.8 Å². The zero-order valence-corrected chi connectivity index (χ0v) is 12.6. The molecule has 0 saturated heterocycles. The maximum atomic E-state index is 12.4. The molecule has 0 heterocycles. The quantitative estimate of drug-likeness (QED) is 0.798. The second-order valence-electron chi connectivity index (χ2n) is 6.82. The van der Waals surface area contributed by atoms with E-state index in [1.807, 2.05) is 26.0 Å². The molecule has 0 radical (unpaired) electrons. The van der Waals surface area contributed by atoms with Crippen LogP contribution < -0.4 is 5.32 Å². The van der Waals surface area contributed by atoms with Crippen molar-refractivity contribution < 1.29 is 9.59 Å². The molecule has 0 spiro atoms. The smallest absolute Gasteiger partial charge is 0.217 e. The maximum Gasteiger partial charge on any atom is 0.217 e. The van der Waals surface area contributed by atoms with E-state index in [4.69, 9.17) is 0 Å². The van der Waals surface area contributed by atoms with Crippen LogP contribution in [0.2, 0.25) is 0 Å². The number of hydrogen-bond acceptors (Lipinski definition) is 3. The van der Waals surface area contributed by atoms with Crippen LogP contribution in [0.25, 0.3) is 0 Å². The lowest BCUT2D eigenvalue weighted by molar-refractivity contribution is -0.132. The Balaban J connectivity index is 2.52. The highest BCUT2D eigenvalue weighted by atomic mass is 16.1. The molecular formula is C16H22N2O2. The Labute approximate surface area is 120 Å².